The molecule has 0 nitrogen and oxygen atoms in total. The van der Waals surface area contributed by atoms with Crippen molar-refractivity contribution in [2.45, 2.75) is 11.2 Å². The van der Waals surface area contributed by atoms with Gasteiger partial charge in [-0.1, -0.05) is 28.1 Å². The van der Waals surface area contributed by atoms with Crippen LogP contribution in [0.4, 0.5) is 4.39 Å². The SMILES string of the molecule is Fc1ccc2cc(C(Br)Cc3cccs3)sc2c1. The highest BCUT2D eigenvalue weighted by Crippen LogP contribution is 2.36. The van der Waals surface area contributed by atoms with Gasteiger partial charge in [0.05, 0.1) is 4.83 Å². The predicted molar refractivity (Wildman–Crippen MR) is 81.5 cm³/mol. The maximum atomic E-state index is 13.1. The molecule has 2 heterocycles. The summed E-state index contributed by atoms with van der Waals surface area (Å²) in [6.07, 6.45) is 0.979. The van der Waals surface area contributed by atoms with Crippen LogP contribution in [0.1, 0.15) is 14.6 Å². The van der Waals surface area contributed by atoms with Gasteiger partial charge in [0.2, 0.25) is 0 Å². The molecule has 0 amide bonds. The van der Waals surface area contributed by atoms with Gasteiger partial charge in [-0.2, -0.15) is 0 Å². The Morgan fingerprint density at radius 3 is 2.89 bits per heavy atom. The van der Waals surface area contributed by atoms with Gasteiger partial charge in [0.15, 0.2) is 0 Å². The smallest absolute Gasteiger partial charge is 0.124 e. The molecule has 0 aliphatic carbocycles. The molecular weight excluding hydrogens is 331 g/mol. The maximum absolute atomic E-state index is 13.1. The van der Waals surface area contributed by atoms with Crippen molar-refractivity contribution in [3.8, 4) is 0 Å². The molecule has 92 valence electrons. The van der Waals surface area contributed by atoms with Gasteiger partial charge in [0, 0.05) is 14.5 Å². The van der Waals surface area contributed by atoms with E-state index in [2.05, 4.69) is 39.5 Å². The molecule has 4 heteroatoms. The van der Waals surface area contributed by atoms with Crippen molar-refractivity contribution in [2.75, 3.05) is 0 Å². The number of rotatable bonds is 3. The summed E-state index contributed by atoms with van der Waals surface area (Å²) < 4.78 is 14.2. The fraction of sp³-hybridized carbons (Fsp3) is 0.143. The zero-order valence-electron chi connectivity index (χ0n) is 9.40. The van der Waals surface area contributed by atoms with E-state index in [4.69, 9.17) is 0 Å². The molecule has 3 aromatic rings. The average Bonchev–Trinajstić information content (AvgIpc) is 2.96. The molecular formula is C14H10BrFS2. The van der Waals surface area contributed by atoms with Crippen LogP contribution < -0.4 is 0 Å². The van der Waals surface area contributed by atoms with E-state index in [1.807, 2.05) is 6.07 Å². The van der Waals surface area contributed by atoms with Gasteiger partial charge < -0.3 is 0 Å². The average molecular weight is 341 g/mol. The second-order valence-electron chi connectivity index (χ2n) is 4.08. The Morgan fingerprint density at radius 2 is 2.11 bits per heavy atom. The Balaban J connectivity index is 1.89. The Kier molecular flexibility index (Phi) is 3.50. The minimum Gasteiger partial charge on any atom is -0.207 e. The first kappa shape index (κ1) is 12.3. The van der Waals surface area contributed by atoms with E-state index in [0.29, 0.717) is 4.83 Å². The first-order chi connectivity index (χ1) is 8.72. The summed E-state index contributed by atoms with van der Waals surface area (Å²) in [6.45, 7) is 0. The fourth-order valence-electron chi connectivity index (χ4n) is 1.89. The molecule has 0 aliphatic heterocycles. The third-order valence-corrected chi connectivity index (χ3v) is 6.00. The van der Waals surface area contributed by atoms with Crippen molar-refractivity contribution in [3.63, 3.8) is 0 Å². The van der Waals surface area contributed by atoms with Crippen molar-refractivity contribution in [3.05, 3.63) is 57.3 Å². The van der Waals surface area contributed by atoms with Crippen molar-refractivity contribution in [2.24, 2.45) is 0 Å². The second kappa shape index (κ2) is 5.11. The molecule has 1 unspecified atom stereocenters. The first-order valence-corrected chi connectivity index (χ1v) is 8.19. The molecule has 1 atom stereocenters. The van der Waals surface area contributed by atoms with Crippen LogP contribution in [-0.2, 0) is 6.42 Å². The number of fused-ring (bicyclic) bond motifs is 1. The highest BCUT2D eigenvalue weighted by Gasteiger charge is 2.13. The number of alkyl halides is 1. The summed E-state index contributed by atoms with van der Waals surface area (Å²) in [7, 11) is 0. The van der Waals surface area contributed by atoms with Crippen LogP contribution in [0.2, 0.25) is 0 Å². The molecule has 0 fully saturated rings. The lowest BCUT2D eigenvalue weighted by Gasteiger charge is -2.04. The van der Waals surface area contributed by atoms with Crippen LogP contribution in [0, 0.1) is 5.82 Å². The lowest BCUT2D eigenvalue weighted by Crippen LogP contribution is -1.89. The fourth-order valence-corrected chi connectivity index (χ4v) is 4.68. The molecule has 1 aromatic carbocycles. The summed E-state index contributed by atoms with van der Waals surface area (Å²) in [5, 5.41) is 3.21. The molecule has 0 aliphatic rings. The number of thiophene rings is 2. The van der Waals surface area contributed by atoms with Gasteiger partial charge in [-0.05, 0) is 41.5 Å². The predicted octanol–water partition coefficient (Wildman–Crippen LogP) is 5.78. The largest absolute Gasteiger partial charge is 0.207 e. The van der Waals surface area contributed by atoms with Gasteiger partial charge in [0.1, 0.15) is 5.82 Å². The minimum absolute atomic E-state index is 0.166. The molecule has 0 bridgehead atoms. The Bertz CT molecular complexity index is 658. The third kappa shape index (κ3) is 2.51. The summed E-state index contributed by atoms with van der Waals surface area (Å²) in [5.74, 6) is -0.166. The summed E-state index contributed by atoms with van der Waals surface area (Å²) in [5.41, 5.74) is 0. The molecule has 0 spiro atoms. The van der Waals surface area contributed by atoms with Gasteiger partial charge in [0.25, 0.3) is 0 Å². The molecule has 0 saturated carbocycles. The second-order valence-corrected chi connectivity index (χ2v) is 7.33. The van der Waals surface area contributed by atoms with E-state index < -0.39 is 0 Å². The maximum Gasteiger partial charge on any atom is 0.124 e. The van der Waals surface area contributed by atoms with Crippen molar-refractivity contribution in [1.29, 1.82) is 0 Å². The van der Waals surface area contributed by atoms with E-state index in [1.54, 1.807) is 28.7 Å². The van der Waals surface area contributed by atoms with Crippen LogP contribution in [0.5, 0.6) is 0 Å². The molecule has 3 rings (SSSR count). The molecule has 2 aromatic heterocycles. The standard InChI is InChI=1S/C14H10BrFS2/c15-12(8-11-2-1-5-17-11)14-6-9-3-4-10(16)7-13(9)18-14/h1-7,12H,8H2. The normalized spacial score (nSPS) is 13.0. The minimum atomic E-state index is -0.166. The van der Waals surface area contributed by atoms with Crippen LogP contribution in [0.25, 0.3) is 10.1 Å². The van der Waals surface area contributed by atoms with Crippen molar-refractivity contribution < 1.29 is 4.39 Å². The number of hydrogen-bond donors (Lipinski definition) is 0. The highest BCUT2D eigenvalue weighted by atomic mass is 79.9. The van der Waals surface area contributed by atoms with E-state index >= 15 is 0 Å². The van der Waals surface area contributed by atoms with E-state index in [0.717, 1.165) is 16.5 Å². The van der Waals surface area contributed by atoms with E-state index in [-0.39, 0.29) is 5.82 Å². The zero-order valence-corrected chi connectivity index (χ0v) is 12.6. The van der Waals surface area contributed by atoms with Crippen LogP contribution in [0.15, 0.2) is 41.8 Å². The van der Waals surface area contributed by atoms with Crippen molar-refractivity contribution in [1.82, 2.24) is 0 Å². The molecule has 0 radical (unpaired) electrons. The summed E-state index contributed by atoms with van der Waals surface area (Å²) >= 11 is 7.16. The lowest BCUT2D eigenvalue weighted by molar-refractivity contribution is 0.630. The Hall–Kier alpha value is -0.710. The number of halogens is 2. The first-order valence-electron chi connectivity index (χ1n) is 5.58. The molecule has 0 N–H and O–H groups in total. The van der Waals surface area contributed by atoms with Gasteiger partial charge in [-0.25, -0.2) is 4.39 Å². The van der Waals surface area contributed by atoms with Gasteiger partial charge in [-0.15, -0.1) is 22.7 Å². The van der Waals surface area contributed by atoms with Gasteiger partial charge in [-0.3, -0.25) is 0 Å². The summed E-state index contributed by atoms with van der Waals surface area (Å²) in [6, 6.07) is 11.3. The topological polar surface area (TPSA) is 0 Å². The van der Waals surface area contributed by atoms with E-state index in [1.165, 1.54) is 15.8 Å². The van der Waals surface area contributed by atoms with Gasteiger partial charge >= 0.3 is 0 Å². The number of hydrogen-bond acceptors (Lipinski definition) is 2. The number of benzene rings is 1. The van der Waals surface area contributed by atoms with Crippen LogP contribution in [-0.4, -0.2) is 0 Å². The van der Waals surface area contributed by atoms with Crippen LogP contribution in [0.3, 0.4) is 0 Å². The lowest BCUT2D eigenvalue weighted by atomic mass is 10.2. The monoisotopic (exact) mass is 340 g/mol. The quantitative estimate of drug-likeness (QED) is 0.530. The Morgan fingerprint density at radius 1 is 1.22 bits per heavy atom. The summed E-state index contributed by atoms with van der Waals surface area (Å²) in [4.78, 5) is 2.92. The Labute approximate surface area is 121 Å². The van der Waals surface area contributed by atoms with Crippen molar-refractivity contribution >= 4 is 48.7 Å². The van der Waals surface area contributed by atoms with E-state index in [9.17, 15) is 4.39 Å². The van der Waals surface area contributed by atoms with Crippen LogP contribution >= 0.6 is 38.6 Å². The highest BCUT2D eigenvalue weighted by molar-refractivity contribution is 9.09. The third-order valence-electron chi connectivity index (χ3n) is 2.77. The zero-order chi connectivity index (χ0) is 12.5. The molecule has 18 heavy (non-hydrogen) atoms. The molecule has 0 saturated heterocycles.